The minimum Gasteiger partial charge on any atom is -0.413 e. The summed E-state index contributed by atoms with van der Waals surface area (Å²) in [7, 11) is -1.67. The van der Waals surface area contributed by atoms with Crippen LogP contribution in [0.15, 0.2) is 0 Å². The zero-order valence-corrected chi connectivity index (χ0v) is 13.2. The molecule has 0 aromatic heterocycles. The molecule has 1 amide bonds. The maximum atomic E-state index is 10.9. The Morgan fingerprint density at radius 3 is 2.39 bits per heavy atom. The molecule has 2 saturated heterocycles. The van der Waals surface area contributed by atoms with Gasteiger partial charge in [0, 0.05) is 19.0 Å². The molecule has 0 spiro atoms. The Bertz CT molecular complexity index is 330. The Labute approximate surface area is 111 Å². The van der Waals surface area contributed by atoms with E-state index in [-0.39, 0.29) is 10.9 Å². The number of rotatable bonds is 3. The number of nitrogens with one attached hydrogen (secondary N) is 2. The monoisotopic (exact) mass is 270 g/mol. The predicted octanol–water partition coefficient (Wildman–Crippen LogP) is 1.63. The lowest BCUT2D eigenvalue weighted by atomic mass is 9.96. The van der Waals surface area contributed by atoms with Gasteiger partial charge in [-0.1, -0.05) is 20.8 Å². The molecule has 0 aromatic carbocycles. The van der Waals surface area contributed by atoms with Gasteiger partial charge in [0.2, 0.25) is 5.91 Å². The van der Waals surface area contributed by atoms with E-state index in [4.69, 9.17) is 4.43 Å². The summed E-state index contributed by atoms with van der Waals surface area (Å²) in [6.45, 7) is 12.3. The first kappa shape index (κ1) is 14.0. The van der Waals surface area contributed by atoms with Crippen LogP contribution < -0.4 is 10.6 Å². The lowest BCUT2D eigenvalue weighted by Crippen LogP contribution is -2.57. The van der Waals surface area contributed by atoms with Crippen LogP contribution in [0, 0.1) is 0 Å². The van der Waals surface area contributed by atoms with Gasteiger partial charge in [-0.3, -0.25) is 4.79 Å². The molecule has 2 rings (SSSR count). The lowest BCUT2D eigenvalue weighted by Gasteiger charge is -2.38. The fraction of sp³-hybridized carbons (Fsp3) is 0.923. The van der Waals surface area contributed by atoms with Crippen LogP contribution in [-0.2, 0) is 9.22 Å². The van der Waals surface area contributed by atoms with E-state index in [1.807, 2.05) is 0 Å². The van der Waals surface area contributed by atoms with Crippen molar-refractivity contribution in [2.75, 3.05) is 6.54 Å². The van der Waals surface area contributed by atoms with Gasteiger partial charge in [0.15, 0.2) is 8.32 Å². The van der Waals surface area contributed by atoms with Crippen molar-refractivity contribution >= 4 is 14.2 Å². The average molecular weight is 270 g/mol. The molecule has 2 N–H and O–H groups in total. The van der Waals surface area contributed by atoms with Crippen LogP contribution in [0.2, 0.25) is 18.1 Å². The molecule has 5 heteroatoms. The zero-order chi connectivity index (χ0) is 13.6. The predicted molar refractivity (Wildman–Crippen MR) is 75.0 cm³/mol. The van der Waals surface area contributed by atoms with Crippen molar-refractivity contribution in [2.24, 2.45) is 0 Å². The van der Waals surface area contributed by atoms with E-state index in [0.29, 0.717) is 24.6 Å². The van der Waals surface area contributed by atoms with Crippen LogP contribution in [0.3, 0.4) is 0 Å². The summed E-state index contributed by atoms with van der Waals surface area (Å²) >= 11 is 0. The van der Waals surface area contributed by atoms with Crippen molar-refractivity contribution in [2.45, 2.75) is 69.9 Å². The zero-order valence-electron chi connectivity index (χ0n) is 12.2. The molecule has 0 saturated carbocycles. The Kier molecular flexibility index (Phi) is 3.60. The highest BCUT2D eigenvalue weighted by molar-refractivity contribution is 6.74. The number of carbonyl (C=O) groups excluding carboxylic acids is 1. The molecular weight excluding hydrogens is 244 g/mol. The van der Waals surface area contributed by atoms with Crippen molar-refractivity contribution < 1.29 is 9.22 Å². The van der Waals surface area contributed by atoms with E-state index in [2.05, 4.69) is 44.5 Å². The SMILES string of the molecule is CC(C)(C)[Si](C)(C)O[C@H]1CN[C@H]([C@H]2CC(=O)N2)C1. The molecule has 0 bridgehead atoms. The minimum atomic E-state index is -1.67. The second kappa shape index (κ2) is 4.61. The molecule has 0 radical (unpaired) electrons. The standard InChI is InChI=1S/C13H26N2O2Si/c1-13(2,3)18(4,5)17-9-6-10(14-8-9)11-7-12(16)15-11/h9-11,14H,6-8H2,1-5H3,(H,15,16)/t9-,10+,11-/m1/s1. The molecule has 0 aliphatic carbocycles. The fourth-order valence-corrected chi connectivity index (χ4v) is 3.72. The third-order valence-electron chi connectivity index (χ3n) is 4.63. The summed E-state index contributed by atoms with van der Waals surface area (Å²) in [6.07, 6.45) is 2.01. The Morgan fingerprint density at radius 2 is 1.89 bits per heavy atom. The first-order chi connectivity index (χ1) is 8.19. The highest BCUT2D eigenvalue weighted by Gasteiger charge is 2.43. The van der Waals surface area contributed by atoms with Gasteiger partial charge in [0.1, 0.15) is 0 Å². The first-order valence-electron chi connectivity index (χ1n) is 6.89. The highest BCUT2D eigenvalue weighted by Crippen LogP contribution is 2.38. The number of carbonyl (C=O) groups is 1. The number of hydrogen-bond acceptors (Lipinski definition) is 3. The van der Waals surface area contributed by atoms with Gasteiger partial charge in [0.25, 0.3) is 0 Å². The Morgan fingerprint density at radius 1 is 1.28 bits per heavy atom. The van der Waals surface area contributed by atoms with Crippen LogP contribution in [0.1, 0.15) is 33.6 Å². The normalized spacial score (nSPS) is 33.2. The van der Waals surface area contributed by atoms with Crippen LogP contribution in [0.4, 0.5) is 0 Å². The van der Waals surface area contributed by atoms with Gasteiger partial charge in [0.05, 0.1) is 12.1 Å². The molecule has 0 unspecified atom stereocenters. The molecule has 4 nitrogen and oxygen atoms in total. The molecule has 2 fully saturated rings. The molecule has 3 atom stereocenters. The molecule has 2 heterocycles. The summed E-state index contributed by atoms with van der Waals surface area (Å²) in [4.78, 5) is 10.9. The van der Waals surface area contributed by atoms with Crippen molar-refractivity contribution in [1.29, 1.82) is 0 Å². The largest absolute Gasteiger partial charge is 0.413 e. The first-order valence-corrected chi connectivity index (χ1v) is 9.80. The lowest BCUT2D eigenvalue weighted by molar-refractivity contribution is -0.128. The molecule has 104 valence electrons. The molecule has 18 heavy (non-hydrogen) atoms. The Hall–Kier alpha value is -0.393. The molecule has 2 aliphatic heterocycles. The van der Waals surface area contributed by atoms with Crippen molar-refractivity contribution in [3.63, 3.8) is 0 Å². The van der Waals surface area contributed by atoms with Gasteiger partial charge in [-0.25, -0.2) is 0 Å². The number of β-lactam (4-membered cyclic amide) rings is 1. The second-order valence-corrected chi connectivity index (χ2v) is 11.9. The van der Waals surface area contributed by atoms with Crippen LogP contribution >= 0.6 is 0 Å². The van der Waals surface area contributed by atoms with Gasteiger partial charge in [-0.2, -0.15) is 0 Å². The van der Waals surface area contributed by atoms with Crippen molar-refractivity contribution in [3.8, 4) is 0 Å². The Balaban J connectivity index is 1.84. The molecule has 2 aliphatic rings. The van der Waals surface area contributed by atoms with E-state index < -0.39 is 8.32 Å². The van der Waals surface area contributed by atoms with E-state index in [0.717, 1.165) is 13.0 Å². The summed E-state index contributed by atoms with van der Waals surface area (Å²) in [5.41, 5.74) is 0. The van der Waals surface area contributed by atoms with Crippen molar-refractivity contribution in [3.05, 3.63) is 0 Å². The van der Waals surface area contributed by atoms with Crippen molar-refractivity contribution in [1.82, 2.24) is 10.6 Å². The quantitative estimate of drug-likeness (QED) is 0.605. The van der Waals surface area contributed by atoms with Gasteiger partial charge in [-0.15, -0.1) is 0 Å². The summed E-state index contributed by atoms with van der Waals surface area (Å²) < 4.78 is 6.40. The fourth-order valence-electron chi connectivity index (χ4n) is 2.35. The van der Waals surface area contributed by atoms with E-state index in [9.17, 15) is 4.79 Å². The summed E-state index contributed by atoms with van der Waals surface area (Å²) in [5.74, 6) is 0.176. The maximum Gasteiger partial charge on any atom is 0.222 e. The van der Waals surface area contributed by atoms with Gasteiger partial charge >= 0.3 is 0 Å². The third kappa shape index (κ3) is 2.78. The van der Waals surface area contributed by atoms with Gasteiger partial charge in [-0.05, 0) is 24.6 Å². The highest BCUT2D eigenvalue weighted by atomic mass is 28.4. The average Bonchev–Trinajstić information content (AvgIpc) is 2.58. The van der Waals surface area contributed by atoms with Crippen LogP contribution in [0.5, 0.6) is 0 Å². The summed E-state index contributed by atoms with van der Waals surface area (Å²) in [6, 6.07) is 0.725. The van der Waals surface area contributed by atoms with Gasteiger partial charge < -0.3 is 15.1 Å². The molecule has 0 aromatic rings. The maximum absolute atomic E-state index is 10.9. The van der Waals surface area contributed by atoms with Crippen LogP contribution in [0.25, 0.3) is 0 Å². The van der Waals surface area contributed by atoms with Crippen LogP contribution in [-0.4, -0.2) is 39.0 Å². The van der Waals surface area contributed by atoms with E-state index in [1.54, 1.807) is 0 Å². The number of amides is 1. The van der Waals surface area contributed by atoms with E-state index in [1.165, 1.54) is 0 Å². The second-order valence-electron chi connectivity index (χ2n) is 7.13. The smallest absolute Gasteiger partial charge is 0.222 e. The molecular formula is C13H26N2O2Si. The number of hydrogen-bond donors (Lipinski definition) is 2. The summed E-state index contributed by atoms with van der Waals surface area (Å²) in [5, 5.41) is 6.70. The topological polar surface area (TPSA) is 50.4 Å². The van der Waals surface area contributed by atoms with E-state index >= 15 is 0 Å². The minimum absolute atomic E-state index is 0.176. The third-order valence-corrected chi connectivity index (χ3v) is 9.16.